The van der Waals surface area contributed by atoms with Crippen molar-refractivity contribution in [3.05, 3.63) is 0 Å². The molecule has 1 heteroatoms. The minimum Gasteiger partial charge on any atom is -0.179 e. The summed E-state index contributed by atoms with van der Waals surface area (Å²) in [4.78, 5) is 0. The molecule has 0 spiro atoms. The Morgan fingerprint density at radius 1 is 1.20 bits per heavy atom. The molecule has 2 bridgehead atoms. The molecule has 10 heavy (non-hydrogen) atoms. The van der Waals surface area contributed by atoms with Crippen LogP contribution in [0, 0.1) is 23.7 Å². The van der Waals surface area contributed by atoms with Crippen LogP contribution in [-0.4, -0.2) is 5.75 Å². The summed E-state index contributed by atoms with van der Waals surface area (Å²) in [7, 11) is 0. The predicted molar refractivity (Wildman–Crippen MR) is 47.3 cm³/mol. The molecular weight excluding hydrogens is 140 g/mol. The highest BCUT2D eigenvalue weighted by Crippen LogP contribution is 2.51. The van der Waals surface area contributed by atoms with E-state index in [0.717, 1.165) is 29.4 Å². The van der Waals surface area contributed by atoms with Crippen molar-refractivity contribution < 1.29 is 0 Å². The van der Waals surface area contributed by atoms with Gasteiger partial charge in [0.25, 0.3) is 0 Å². The molecule has 0 amide bonds. The van der Waals surface area contributed by atoms with Gasteiger partial charge in [-0.15, -0.1) is 0 Å². The van der Waals surface area contributed by atoms with Crippen molar-refractivity contribution >= 4 is 12.6 Å². The molecule has 0 aromatic carbocycles. The van der Waals surface area contributed by atoms with Crippen LogP contribution < -0.4 is 0 Å². The van der Waals surface area contributed by atoms with E-state index in [-0.39, 0.29) is 0 Å². The van der Waals surface area contributed by atoms with E-state index in [1.54, 1.807) is 0 Å². The Kier molecular flexibility index (Phi) is 1.71. The first-order valence-corrected chi connectivity index (χ1v) is 5.05. The molecule has 0 aromatic heterocycles. The number of hydrogen-bond donors (Lipinski definition) is 1. The maximum absolute atomic E-state index is 4.38. The van der Waals surface area contributed by atoms with Crippen LogP contribution in [-0.2, 0) is 0 Å². The monoisotopic (exact) mass is 156 g/mol. The fourth-order valence-electron chi connectivity index (χ4n) is 2.91. The van der Waals surface area contributed by atoms with E-state index >= 15 is 0 Å². The van der Waals surface area contributed by atoms with Crippen LogP contribution in [0.2, 0.25) is 0 Å². The predicted octanol–water partition coefficient (Wildman–Crippen LogP) is 2.60. The summed E-state index contributed by atoms with van der Waals surface area (Å²) >= 11 is 4.38. The minimum atomic E-state index is 0.976. The first kappa shape index (κ1) is 7.02. The molecule has 2 saturated carbocycles. The van der Waals surface area contributed by atoms with Crippen molar-refractivity contribution in [3.63, 3.8) is 0 Å². The quantitative estimate of drug-likeness (QED) is 0.554. The fourth-order valence-corrected chi connectivity index (χ4v) is 3.35. The topological polar surface area (TPSA) is 0 Å². The molecule has 58 valence electrons. The fraction of sp³-hybridized carbons (Fsp3) is 1.00. The third-order valence-electron chi connectivity index (χ3n) is 3.59. The van der Waals surface area contributed by atoms with Gasteiger partial charge in [-0.1, -0.05) is 6.92 Å². The molecule has 0 aliphatic heterocycles. The first-order valence-electron chi connectivity index (χ1n) is 4.42. The van der Waals surface area contributed by atoms with Crippen LogP contribution in [0.25, 0.3) is 0 Å². The molecule has 2 rings (SSSR count). The molecule has 4 atom stereocenters. The molecule has 0 N–H and O–H groups in total. The Morgan fingerprint density at radius 3 is 2.40 bits per heavy atom. The zero-order chi connectivity index (χ0) is 7.14. The van der Waals surface area contributed by atoms with E-state index in [1.807, 2.05) is 0 Å². The number of fused-ring (bicyclic) bond motifs is 2. The Morgan fingerprint density at radius 2 is 2.00 bits per heavy atom. The molecule has 0 heterocycles. The van der Waals surface area contributed by atoms with E-state index < -0.39 is 0 Å². The van der Waals surface area contributed by atoms with Gasteiger partial charge >= 0.3 is 0 Å². The van der Waals surface area contributed by atoms with Gasteiger partial charge in [0, 0.05) is 0 Å². The lowest BCUT2D eigenvalue weighted by Gasteiger charge is -2.23. The van der Waals surface area contributed by atoms with E-state index in [0.29, 0.717) is 0 Å². The number of hydrogen-bond acceptors (Lipinski definition) is 1. The second-order valence-electron chi connectivity index (χ2n) is 4.15. The van der Waals surface area contributed by atoms with Crippen molar-refractivity contribution in [1.29, 1.82) is 0 Å². The summed E-state index contributed by atoms with van der Waals surface area (Å²) in [5, 5.41) is 0. The van der Waals surface area contributed by atoms with Crippen LogP contribution >= 0.6 is 12.6 Å². The van der Waals surface area contributed by atoms with Gasteiger partial charge in [0.1, 0.15) is 0 Å². The van der Waals surface area contributed by atoms with E-state index in [4.69, 9.17) is 0 Å². The lowest BCUT2D eigenvalue weighted by Crippen LogP contribution is -2.16. The lowest BCUT2D eigenvalue weighted by molar-refractivity contribution is 0.293. The minimum absolute atomic E-state index is 0.976. The van der Waals surface area contributed by atoms with Gasteiger partial charge in [0.2, 0.25) is 0 Å². The van der Waals surface area contributed by atoms with Gasteiger partial charge in [-0.25, -0.2) is 0 Å². The Labute approximate surface area is 68.8 Å². The summed E-state index contributed by atoms with van der Waals surface area (Å²) in [5.41, 5.74) is 0. The highest BCUT2D eigenvalue weighted by atomic mass is 32.1. The summed E-state index contributed by atoms with van der Waals surface area (Å²) in [6.07, 6.45) is 4.50. The third-order valence-corrected chi connectivity index (χ3v) is 4.06. The molecule has 0 aromatic rings. The molecule has 4 unspecified atom stereocenters. The zero-order valence-electron chi connectivity index (χ0n) is 6.59. The van der Waals surface area contributed by atoms with Crippen molar-refractivity contribution in [2.75, 3.05) is 5.75 Å². The average molecular weight is 156 g/mol. The second kappa shape index (κ2) is 2.44. The van der Waals surface area contributed by atoms with Gasteiger partial charge in [0.15, 0.2) is 0 Å². The van der Waals surface area contributed by atoms with Crippen LogP contribution in [0.3, 0.4) is 0 Å². The highest BCUT2D eigenvalue weighted by Gasteiger charge is 2.42. The first-order chi connectivity index (χ1) is 4.81. The van der Waals surface area contributed by atoms with Crippen LogP contribution in [0.5, 0.6) is 0 Å². The van der Waals surface area contributed by atoms with Crippen molar-refractivity contribution in [1.82, 2.24) is 0 Å². The normalized spacial score (nSPS) is 52.2. The standard InChI is InChI=1S/C9H16S/c1-6-2-8-3-7(6)4-9(8)5-10/h6-10H,2-5H2,1H3. The molecule has 2 aliphatic rings. The van der Waals surface area contributed by atoms with Crippen molar-refractivity contribution in [2.24, 2.45) is 23.7 Å². The Hall–Kier alpha value is 0.350. The highest BCUT2D eigenvalue weighted by molar-refractivity contribution is 7.80. The van der Waals surface area contributed by atoms with E-state index in [1.165, 1.54) is 19.3 Å². The molecule has 0 radical (unpaired) electrons. The summed E-state index contributed by atoms with van der Waals surface area (Å²) in [5.74, 6) is 5.26. The van der Waals surface area contributed by atoms with Crippen LogP contribution in [0.4, 0.5) is 0 Å². The largest absolute Gasteiger partial charge is 0.179 e. The van der Waals surface area contributed by atoms with E-state index in [9.17, 15) is 0 Å². The number of thiol groups is 1. The molecule has 2 fully saturated rings. The third kappa shape index (κ3) is 0.903. The maximum atomic E-state index is 4.38. The van der Waals surface area contributed by atoms with Gasteiger partial charge in [-0.3, -0.25) is 0 Å². The lowest BCUT2D eigenvalue weighted by atomic mass is 9.84. The maximum Gasteiger partial charge on any atom is -0.00667 e. The SMILES string of the molecule is CC1CC2CC1CC2CS. The molecule has 0 saturated heterocycles. The Bertz CT molecular complexity index is 131. The van der Waals surface area contributed by atoms with Crippen LogP contribution in [0.15, 0.2) is 0 Å². The van der Waals surface area contributed by atoms with Gasteiger partial charge in [0.05, 0.1) is 0 Å². The summed E-state index contributed by atoms with van der Waals surface area (Å²) < 4.78 is 0. The molecule has 2 aliphatic carbocycles. The zero-order valence-corrected chi connectivity index (χ0v) is 7.48. The summed E-state index contributed by atoms with van der Waals surface area (Å²) in [6.45, 7) is 2.42. The molecule has 0 nitrogen and oxygen atoms in total. The van der Waals surface area contributed by atoms with E-state index in [2.05, 4.69) is 19.6 Å². The molecular formula is C9H16S. The average Bonchev–Trinajstić information content (AvgIpc) is 2.44. The van der Waals surface area contributed by atoms with Crippen molar-refractivity contribution in [2.45, 2.75) is 26.2 Å². The second-order valence-corrected chi connectivity index (χ2v) is 4.51. The van der Waals surface area contributed by atoms with Gasteiger partial charge < -0.3 is 0 Å². The van der Waals surface area contributed by atoms with Gasteiger partial charge in [-0.05, 0) is 48.7 Å². The van der Waals surface area contributed by atoms with Crippen LogP contribution in [0.1, 0.15) is 26.2 Å². The Balaban J connectivity index is 2.02. The van der Waals surface area contributed by atoms with Gasteiger partial charge in [-0.2, -0.15) is 12.6 Å². The summed E-state index contributed by atoms with van der Waals surface area (Å²) in [6, 6.07) is 0. The smallest absolute Gasteiger partial charge is 0.00667 e. The van der Waals surface area contributed by atoms with Crippen molar-refractivity contribution in [3.8, 4) is 0 Å². The number of rotatable bonds is 1.